The highest BCUT2D eigenvalue weighted by molar-refractivity contribution is 5.20. The second-order valence-electron chi connectivity index (χ2n) is 5.08. The first kappa shape index (κ1) is 13.6. The summed E-state index contributed by atoms with van der Waals surface area (Å²) in [4.78, 5) is 2.42. The third-order valence-corrected chi connectivity index (χ3v) is 3.58. The largest absolute Gasteiger partial charge is 0.463 e. The molecule has 0 radical (unpaired) electrons. The molecular weight excluding hydrogens is 228 g/mol. The molecule has 0 saturated carbocycles. The molecule has 102 valence electrons. The Morgan fingerprint density at radius 3 is 3.11 bits per heavy atom. The number of piperidine rings is 1. The predicted octanol–water partition coefficient (Wildman–Crippen LogP) is 1.92. The lowest BCUT2D eigenvalue weighted by Gasteiger charge is -2.31. The van der Waals surface area contributed by atoms with E-state index >= 15 is 0 Å². The lowest BCUT2D eigenvalue weighted by atomic mass is 10.1. The highest BCUT2D eigenvalue weighted by atomic mass is 16.5. The van der Waals surface area contributed by atoms with E-state index in [1.165, 1.54) is 18.4 Å². The van der Waals surface area contributed by atoms with E-state index in [2.05, 4.69) is 23.2 Å². The number of hydrogen-bond acceptors (Lipinski definition) is 4. The number of nitrogens with zero attached hydrogens (tertiary/aromatic N) is 1. The van der Waals surface area contributed by atoms with Gasteiger partial charge in [0.15, 0.2) is 0 Å². The number of ether oxygens (including phenoxy) is 1. The number of methoxy groups -OCH3 is 1. The maximum atomic E-state index is 5.88. The van der Waals surface area contributed by atoms with Gasteiger partial charge in [-0.1, -0.05) is 0 Å². The summed E-state index contributed by atoms with van der Waals surface area (Å²) in [6, 6.07) is 2.16. The predicted molar refractivity (Wildman–Crippen MR) is 71.5 cm³/mol. The van der Waals surface area contributed by atoms with Crippen molar-refractivity contribution >= 4 is 0 Å². The van der Waals surface area contributed by atoms with Crippen molar-refractivity contribution in [2.45, 2.75) is 39.0 Å². The van der Waals surface area contributed by atoms with Crippen LogP contribution in [0.25, 0.3) is 0 Å². The van der Waals surface area contributed by atoms with Gasteiger partial charge in [0.1, 0.15) is 11.5 Å². The summed E-state index contributed by atoms with van der Waals surface area (Å²) >= 11 is 0. The van der Waals surface area contributed by atoms with Crippen molar-refractivity contribution in [2.75, 3.05) is 27.2 Å². The number of likely N-dealkylation sites (tertiary alicyclic amines) is 1. The van der Waals surface area contributed by atoms with Crippen LogP contribution in [-0.2, 0) is 17.8 Å². The molecule has 4 nitrogen and oxygen atoms in total. The van der Waals surface area contributed by atoms with Gasteiger partial charge in [-0.2, -0.15) is 0 Å². The lowest BCUT2D eigenvalue weighted by molar-refractivity contribution is 0.0262. The number of furan rings is 1. The van der Waals surface area contributed by atoms with E-state index in [4.69, 9.17) is 9.15 Å². The Labute approximate surface area is 109 Å². The molecule has 0 aromatic carbocycles. The van der Waals surface area contributed by atoms with Crippen LogP contribution < -0.4 is 5.32 Å². The van der Waals surface area contributed by atoms with Crippen molar-refractivity contribution in [1.82, 2.24) is 10.2 Å². The van der Waals surface area contributed by atoms with Gasteiger partial charge < -0.3 is 14.5 Å². The van der Waals surface area contributed by atoms with Crippen LogP contribution in [0.1, 0.15) is 29.9 Å². The van der Waals surface area contributed by atoms with Crippen LogP contribution in [0.15, 0.2) is 10.5 Å². The Morgan fingerprint density at radius 1 is 1.56 bits per heavy atom. The second kappa shape index (κ2) is 6.36. The number of nitrogens with one attached hydrogen (secondary N) is 1. The van der Waals surface area contributed by atoms with E-state index in [1.54, 1.807) is 7.11 Å². The normalized spacial score (nSPS) is 21.4. The van der Waals surface area contributed by atoms with Gasteiger partial charge in [0.05, 0.1) is 19.2 Å². The highest BCUT2D eigenvalue weighted by Gasteiger charge is 2.20. The molecule has 1 N–H and O–H groups in total. The first-order chi connectivity index (χ1) is 8.72. The molecule has 0 amide bonds. The maximum Gasteiger partial charge on any atom is 0.120 e. The Balaban J connectivity index is 1.94. The van der Waals surface area contributed by atoms with Gasteiger partial charge in [0.2, 0.25) is 0 Å². The summed E-state index contributed by atoms with van der Waals surface area (Å²) in [6.45, 7) is 5.95. The first-order valence-corrected chi connectivity index (χ1v) is 6.71. The van der Waals surface area contributed by atoms with Gasteiger partial charge in [-0.05, 0) is 45.0 Å². The molecule has 0 aliphatic carbocycles. The van der Waals surface area contributed by atoms with Crippen molar-refractivity contribution in [3.8, 4) is 0 Å². The Hall–Kier alpha value is -0.840. The van der Waals surface area contributed by atoms with Crippen molar-refractivity contribution < 1.29 is 9.15 Å². The topological polar surface area (TPSA) is 37.6 Å². The summed E-state index contributed by atoms with van der Waals surface area (Å²) in [5.74, 6) is 2.11. The molecule has 1 aromatic rings. The van der Waals surface area contributed by atoms with Crippen molar-refractivity contribution in [3.63, 3.8) is 0 Å². The van der Waals surface area contributed by atoms with Gasteiger partial charge in [0.25, 0.3) is 0 Å². The zero-order valence-corrected chi connectivity index (χ0v) is 11.7. The standard InChI is InChI=1S/C14H24N2O2/c1-11-7-13(18-14(11)8-15-2)10-16-6-4-5-12(9-16)17-3/h7,12,15H,4-6,8-10H2,1-3H3. The molecule has 1 aromatic heterocycles. The van der Waals surface area contributed by atoms with E-state index in [0.29, 0.717) is 6.10 Å². The summed E-state index contributed by atoms with van der Waals surface area (Å²) in [5, 5.41) is 3.13. The first-order valence-electron chi connectivity index (χ1n) is 6.71. The molecule has 0 spiro atoms. The summed E-state index contributed by atoms with van der Waals surface area (Å²) in [7, 11) is 3.74. The van der Waals surface area contributed by atoms with Gasteiger partial charge in [-0.15, -0.1) is 0 Å². The fourth-order valence-electron chi connectivity index (χ4n) is 2.57. The fourth-order valence-corrected chi connectivity index (χ4v) is 2.57. The van der Waals surface area contributed by atoms with E-state index < -0.39 is 0 Å². The monoisotopic (exact) mass is 252 g/mol. The molecular formula is C14H24N2O2. The van der Waals surface area contributed by atoms with Crippen LogP contribution in [0, 0.1) is 6.92 Å². The molecule has 2 heterocycles. The zero-order valence-electron chi connectivity index (χ0n) is 11.7. The van der Waals surface area contributed by atoms with Crippen LogP contribution >= 0.6 is 0 Å². The van der Waals surface area contributed by atoms with Gasteiger partial charge in [-0.3, -0.25) is 4.90 Å². The van der Waals surface area contributed by atoms with Crippen LogP contribution in [0.5, 0.6) is 0 Å². The maximum absolute atomic E-state index is 5.88. The summed E-state index contributed by atoms with van der Waals surface area (Å²) in [6.07, 6.45) is 2.77. The molecule has 1 aliphatic rings. The van der Waals surface area contributed by atoms with Crippen LogP contribution in [0.4, 0.5) is 0 Å². The van der Waals surface area contributed by atoms with Crippen molar-refractivity contribution in [1.29, 1.82) is 0 Å². The molecule has 0 bridgehead atoms. The highest BCUT2D eigenvalue weighted by Crippen LogP contribution is 2.19. The van der Waals surface area contributed by atoms with E-state index in [1.807, 2.05) is 7.05 Å². The number of rotatable bonds is 5. The molecule has 1 saturated heterocycles. The Kier molecular flexibility index (Phi) is 4.80. The molecule has 1 aliphatic heterocycles. The molecule has 18 heavy (non-hydrogen) atoms. The minimum Gasteiger partial charge on any atom is -0.463 e. The summed E-state index contributed by atoms with van der Waals surface area (Å²) < 4.78 is 11.3. The van der Waals surface area contributed by atoms with Gasteiger partial charge in [-0.25, -0.2) is 0 Å². The summed E-state index contributed by atoms with van der Waals surface area (Å²) in [5.41, 5.74) is 1.24. The number of aryl methyl sites for hydroxylation is 1. The SMILES string of the molecule is CNCc1oc(CN2CCCC(OC)C2)cc1C. The van der Waals surface area contributed by atoms with Crippen molar-refractivity contribution in [2.24, 2.45) is 0 Å². The second-order valence-corrected chi connectivity index (χ2v) is 5.08. The Bertz CT molecular complexity index is 376. The zero-order chi connectivity index (χ0) is 13.0. The molecule has 2 rings (SSSR count). The molecule has 1 fully saturated rings. The van der Waals surface area contributed by atoms with E-state index in [9.17, 15) is 0 Å². The average Bonchev–Trinajstić information content (AvgIpc) is 2.70. The minimum atomic E-state index is 0.381. The third kappa shape index (κ3) is 3.34. The third-order valence-electron chi connectivity index (χ3n) is 3.58. The molecule has 4 heteroatoms. The van der Waals surface area contributed by atoms with Crippen LogP contribution in [0.2, 0.25) is 0 Å². The quantitative estimate of drug-likeness (QED) is 0.869. The fraction of sp³-hybridized carbons (Fsp3) is 0.714. The van der Waals surface area contributed by atoms with E-state index in [0.717, 1.165) is 37.7 Å². The minimum absolute atomic E-state index is 0.381. The Morgan fingerprint density at radius 2 is 2.39 bits per heavy atom. The number of hydrogen-bond donors (Lipinski definition) is 1. The molecule has 1 atom stereocenters. The smallest absolute Gasteiger partial charge is 0.120 e. The average molecular weight is 252 g/mol. The van der Waals surface area contributed by atoms with Crippen molar-refractivity contribution in [3.05, 3.63) is 23.2 Å². The van der Waals surface area contributed by atoms with Crippen LogP contribution in [0.3, 0.4) is 0 Å². The molecule has 1 unspecified atom stereocenters. The van der Waals surface area contributed by atoms with E-state index in [-0.39, 0.29) is 0 Å². The van der Waals surface area contributed by atoms with Crippen LogP contribution in [-0.4, -0.2) is 38.3 Å². The van der Waals surface area contributed by atoms with Gasteiger partial charge in [0, 0.05) is 13.7 Å². The van der Waals surface area contributed by atoms with Gasteiger partial charge >= 0.3 is 0 Å². The lowest BCUT2D eigenvalue weighted by Crippen LogP contribution is -2.38.